The standard InChI is InChI=1S/C11H20F4O/c1-2-3-4-5-6-7-8-10(12,9-16)11(13,14)15/h16H,2-9H2,1H3/t10-/m1/s1. The molecule has 0 radical (unpaired) electrons. The Morgan fingerprint density at radius 1 is 0.875 bits per heavy atom. The number of unbranched alkanes of at least 4 members (excludes halogenated alkanes) is 5. The van der Waals surface area contributed by atoms with Crippen molar-refractivity contribution < 1.29 is 22.7 Å². The van der Waals surface area contributed by atoms with E-state index >= 15 is 0 Å². The fraction of sp³-hybridized carbons (Fsp3) is 1.00. The van der Waals surface area contributed by atoms with E-state index in [9.17, 15) is 17.6 Å². The Balaban J connectivity index is 3.80. The number of hydrogen-bond acceptors (Lipinski definition) is 1. The van der Waals surface area contributed by atoms with Crippen molar-refractivity contribution in [3.8, 4) is 0 Å². The lowest BCUT2D eigenvalue weighted by Crippen LogP contribution is -2.44. The van der Waals surface area contributed by atoms with Gasteiger partial charge in [-0.25, -0.2) is 4.39 Å². The summed E-state index contributed by atoms with van der Waals surface area (Å²) >= 11 is 0. The molecule has 98 valence electrons. The van der Waals surface area contributed by atoms with E-state index in [1.54, 1.807) is 0 Å². The fourth-order valence-corrected chi connectivity index (χ4v) is 1.50. The normalized spacial score (nSPS) is 16.1. The zero-order chi connectivity index (χ0) is 12.7. The monoisotopic (exact) mass is 244 g/mol. The molecular formula is C11H20F4O. The van der Waals surface area contributed by atoms with Crippen molar-refractivity contribution >= 4 is 0 Å². The molecule has 0 aromatic carbocycles. The first-order chi connectivity index (χ1) is 7.37. The van der Waals surface area contributed by atoms with Crippen LogP contribution in [-0.4, -0.2) is 23.6 Å². The quantitative estimate of drug-likeness (QED) is 0.505. The Labute approximate surface area is 93.8 Å². The molecule has 1 atom stereocenters. The van der Waals surface area contributed by atoms with Crippen LogP contribution < -0.4 is 0 Å². The number of rotatable bonds is 8. The molecule has 0 aliphatic carbocycles. The molecule has 0 saturated carbocycles. The van der Waals surface area contributed by atoms with E-state index in [1.807, 2.05) is 6.92 Å². The highest BCUT2D eigenvalue weighted by atomic mass is 19.4. The van der Waals surface area contributed by atoms with E-state index in [0.717, 1.165) is 25.7 Å². The summed E-state index contributed by atoms with van der Waals surface area (Å²) < 4.78 is 49.8. The van der Waals surface area contributed by atoms with Crippen LogP contribution in [0.4, 0.5) is 17.6 Å². The molecule has 5 heteroatoms. The average molecular weight is 244 g/mol. The van der Waals surface area contributed by atoms with Crippen LogP contribution >= 0.6 is 0 Å². The van der Waals surface area contributed by atoms with Gasteiger partial charge in [-0.15, -0.1) is 0 Å². The average Bonchev–Trinajstić information content (AvgIpc) is 2.21. The van der Waals surface area contributed by atoms with Gasteiger partial charge in [0, 0.05) is 0 Å². The van der Waals surface area contributed by atoms with E-state index in [1.165, 1.54) is 0 Å². The third-order valence-corrected chi connectivity index (χ3v) is 2.69. The van der Waals surface area contributed by atoms with Gasteiger partial charge >= 0.3 is 6.18 Å². The maximum absolute atomic E-state index is 13.2. The SMILES string of the molecule is CCCCCCCC[C@@](F)(CO)C(F)(F)F. The molecule has 1 nitrogen and oxygen atoms in total. The van der Waals surface area contributed by atoms with Gasteiger partial charge in [-0.3, -0.25) is 0 Å². The number of aliphatic hydroxyl groups is 1. The smallest absolute Gasteiger partial charge is 0.393 e. The zero-order valence-corrected chi connectivity index (χ0v) is 9.62. The zero-order valence-electron chi connectivity index (χ0n) is 9.62. The first kappa shape index (κ1) is 15.7. The highest BCUT2D eigenvalue weighted by molar-refractivity contribution is 4.86. The Morgan fingerprint density at radius 3 is 1.81 bits per heavy atom. The predicted octanol–water partition coefficient (Wildman–Crippen LogP) is 4.00. The summed E-state index contributed by atoms with van der Waals surface area (Å²) in [7, 11) is 0. The van der Waals surface area contributed by atoms with E-state index < -0.39 is 24.9 Å². The summed E-state index contributed by atoms with van der Waals surface area (Å²) in [5.41, 5.74) is -3.42. The molecule has 0 saturated heterocycles. The lowest BCUT2D eigenvalue weighted by Gasteiger charge is -2.25. The molecule has 0 fully saturated rings. The van der Waals surface area contributed by atoms with Gasteiger partial charge < -0.3 is 5.11 Å². The highest BCUT2D eigenvalue weighted by Crippen LogP contribution is 2.37. The minimum atomic E-state index is -4.97. The second-order valence-electron chi connectivity index (χ2n) is 4.14. The molecular weight excluding hydrogens is 224 g/mol. The van der Waals surface area contributed by atoms with Gasteiger partial charge in [0.05, 0.1) is 6.61 Å². The van der Waals surface area contributed by atoms with Gasteiger partial charge in [-0.05, 0) is 12.8 Å². The summed E-state index contributed by atoms with van der Waals surface area (Å²) in [6, 6.07) is 0. The van der Waals surface area contributed by atoms with Gasteiger partial charge in [0.1, 0.15) is 0 Å². The summed E-state index contributed by atoms with van der Waals surface area (Å²) in [6.45, 7) is 0.563. The van der Waals surface area contributed by atoms with Crippen molar-refractivity contribution in [2.24, 2.45) is 0 Å². The highest BCUT2D eigenvalue weighted by Gasteiger charge is 2.54. The summed E-state index contributed by atoms with van der Waals surface area (Å²) in [5, 5.41) is 8.47. The molecule has 0 aliphatic heterocycles. The van der Waals surface area contributed by atoms with Crippen LogP contribution in [0.25, 0.3) is 0 Å². The Morgan fingerprint density at radius 2 is 1.38 bits per heavy atom. The van der Waals surface area contributed by atoms with Gasteiger partial charge in [0.15, 0.2) is 0 Å². The van der Waals surface area contributed by atoms with Crippen LogP contribution in [-0.2, 0) is 0 Å². The van der Waals surface area contributed by atoms with E-state index in [4.69, 9.17) is 5.11 Å². The van der Waals surface area contributed by atoms with Gasteiger partial charge in [-0.2, -0.15) is 13.2 Å². The van der Waals surface area contributed by atoms with Crippen molar-refractivity contribution in [2.75, 3.05) is 6.61 Å². The van der Waals surface area contributed by atoms with Crippen molar-refractivity contribution in [1.82, 2.24) is 0 Å². The largest absolute Gasteiger partial charge is 0.424 e. The van der Waals surface area contributed by atoms with Gasteiger partial charge in [-0.1, -0.05) is 39.0 Å². The van der Waals surface area contributed by atoms with Crippen LogP contribution in [0.2, 0.25) is 0 Å². The molecule has 16 heavy (non-hydrogen) atoms. The third-order valence-electron chi connectivity index (χ3n) is 2.69. The predicted molar refractivity (Wildman–Crippen MR) is 55.0 cm³/mol. The summed E-state index contributed by atoms with van der Waals surface area (Å²) in [4.78, 5) is 0. The molecule has 0 amide bonds. The van der Waals surface area contributed by atoms with E-state index in [-0.39, 0.29) is 6.42 Å². The van der Waals surface area contributed by atoms with Crippen LogP contribution in [0.15, 0.2) is 0 Å². The van der Waals surface area contributed by atoms with Crippen molar-refractivity contribution in [2.45, 2.75) is 63.7 Å². The minimum Gasteiger partial charge on any atom is -0.393 e. The summed E-state index contributed by atoms with van der Waals surface area (Å²) in [6.07, 6.45) is -0.938. The molecule has 0 spiro atoms. The topological polar surface area (TPSA) is 20.2 Å². The lowest BCUT2D eigenvalue weighted by atomic mass is 9.97. The number of hydrogen-bond donors (Lipinski definition) is 1. The van der Waals surface area contributed by atoms with E-state index in [2.05, 4.69) is 0 Å². The third kappa shape index (κ3) is 5.14. The number of halogens is 4. The molecule has 0 aromatic rings. The van der Waals surface area contributed by atoms with Crippen LogP contribution in [0.5, 0.6) is 0 Å². The Kier molecular flexibility index (Phi) is 6.95. The lowest BCUT2D eigenvalue weighted by molar-refractivity contribution is -0.243. The van der Waals surface area contributed by atoms with Crippen molar-refractivity contribution in [3.05, 3.63) is 0 Å². The van der Waals surface area contributed by atoms with Crippen molar-refractivity contribution in [1.29, 1.82) is 0 Å². The Bertz CT molecular complexity index is 181. The molecule has 0 unspecified atom stereocenters. The maximum Gasteiger partial charge on any atom is 0.424 e. The first-order valence-corrected chi connectivity index (χ1v) is 5.74. The summed E-state index contributed by atoms with van der Waals surface area (Å²) in [5.74, 6) is 0. The Hall–Kier alpha value is -0.320. The molecule has 1 N–H and O–H groups in total. The second kappa shape index (κ2) is 7.09. The van der Waals surface area contributed by atoms with Gasteiger partial charge in [0.2, 0.25) is 5.67 Å². The minimum absolute atomic E-state index is 0.167. The van der Waals surface area contributed by atoms with Crippen LogP contribution in [0.3, 0.4) is 0 Å². The first-order valence-electron chi connectivity index (χ1n) is 5.74. The van der Waals surface area contributed by atoms with Crippen LogP contribution in [0.1, 0.15) is 51.9 Å². The molecule has 0 bridgehead atoms. The fourth-order valence-electron chi connectivity index (χ4n) is 1.50. The molecule has 0 aromatic heterocycles. The molecule has 0 heterocycles. The number of aliphatic hydroxyl groups excluding tert-OH is 1. The second-order valence-corrected chi connectivity index (χ2v) is 4.14. The van der Waals surface area contributed by atoms with Gasteiger partial charge in [0.25, 0.3) is 0 Å². The maximum atomic E-state index is 13.2. The van der Waals surface area contributed by atoms with E-state index in [0.29, 0.717) is 6.42 Å². The molecule has 0 aliphatic rings. The van der Waals surface area contributed by atoms with Crippen molar-refractivity contribution in [3.63, 3.8) is 0 Å². The molecule has 0 rings (SSSR count). The number of alkyl halides is 4. The van der Waals surface area contributed by atoms with Crippen LogP contribution in [0, 0.1) is 0 Å².